The summed E-state index contributed by atoms with van der Waals surface area (Å²) in [6.45, 7) is 0. The second-order valence-electron chi connectivity index (χ2n) is 14.3. The van der Waals surface area contributed by atoms with Crippen LogP contribution in [-0.2, 0) is 48.0 Å². The molecule has 14 heteroatoms. The highest BCUT2D eigenvalue weighted by atomic mass is 32.2. The average Bonchev–Trinajstić information content (AvgIpc) is 3.74. The summed E-state index contributed by atoms with van der Waals surface area (Å²) in [5.74, 6) is -5.06. The Hall–Kier alpha value is -6.25. The standard InChI is InChI=1S/C44H45N5O8S/c50-38-26-39(51)46-36(25-33-12-7-21-58-33)42(54)48-35(23-28-13-17-31(18-14-28)30-10-5-2-6-11-30)40(52)47-34(22-27-8-3-1-4-9-27)41(53)49-37(44(56)57)24-29-15-19-32(20-16-29)45-43(38)55/h1-11,13-21,33-38,50H,12,22-26H2,(H,45,55)(H,46,51)(H,47,52)(H,48,54)(H,49,53)(H,56,57)/t33?,34-,35+,36+,37-,38+/m0/s1. The number of carboxylic acid groups (broad SMARTS) is 1. The molecule has 1 unspecified atom stereocenters. The largest absolute Gasteiger partial charge is 0.480 e. The SMILES string of the molecule is O=C1C[C@@H](O)C(=O)Nc2ccc(cc2)C[C@@H](C(=O)O)NC(=O)[C@H](Cc2ccccc2)NC(=O)[C@@H](Cc2ccc(-c3ccccc3)cc2)NC(=O)[C@@H](CC2CC=CS2)N1. The number of benzene rings is 4. The van der Waals surface area contributed by atoms with Crippen LogP contribution in [0, 0.1) is 0 Å². The van der Waals surface area contributed by atoms with Crippen molar-refractivity contribution in [3.05, 3.63) is 137 Å². The number of carbonyl (C=O) groups excluding carboxylic acids is 5. The first-order valence-electron chi connectivity index (χ1n) is 19.0. The molecule has 4 aromatic carbocycles. The first kappa shape index (κ1) is 41.4. The molecular formula is C44H45N5O8S. The van der Waals surface area contributed by atoms with Crippen LogP contribution in [0.3, 0.4) is 0 Å². The molecule has 0 saturated carbocycles. The number of aliphatic hydroxyl groups is 1. The zero-order valence-corrected chi connectivity index (χ0v) is 32.3. The Morgan fingerprint density at radius 2 is 1.19 bits per heavy atom. The summed E-state index contributed by atoms with van der Waals surface area (Å²) in [5, 5.41) is 36.1. The number of hydrogen-bond acceptors (Lipinski definition) is 8. The van der Waals surface area contributed by atoms with Crippen LogP contribution in [0.25, 0.3) is 11.1 Å². The highest BCUT2D eigenvalue weighted by Gasteiger charge is 2.34. The molecule has 300 valence electrons. The van der Waals surface area contributed by atoms with Gasteiger partial charge in [0, 0.05) is 30.2 Å². The molecule has 13 nitrogen and oxygen atoms in total. The summed E-state index contributed by atoms with van der Waals surface area (Å²) in [6.07, 6.45) is 0.253. The summed E-state index contributed by atoms with van der Waals surface area (Å²) in [6, 6.07) is 27.2. The van der Waals surface area contributed by atoms with Gasteiger partial charge in [0.05, 0.1) is 6.42 Å². The number of fused-ring (bicyclic) bond motifs is 18. The molecule has 0 fully saturated rings. The molecule has 0 radical (unpaired) electrons. The van der Waals surface area contributed by atoms with Crippen molar-refractivity contribution in [3.63, 3.8) is 0 Å². The monoisotopic (exact) mass is 803 g/mol. The van der Waals surface area contributed by atoms with Gasteiger partial charge in [0.1, 0.15) is 30.3 Å². The highest BCUT2D eigenvalue weighted by Crippen LogP contribution is 2.28. The maximum absolute atomic E-state index is 14.4. The Kier molecular flexibility index (Phi) is 14.1. The first-order chi connectivity index (χ1) is 28.0. The van der Waals surface area contributed by atoms with Crippen molar-refractivity contribution in [1.82, 2.24) is 21.3 Å². The number of anilines is 1. The number of aliphatic carboxylic acids is 1. The molecule has 0 aliphatic carbocycles. The minimum Gasteiger partial charge on any atom is -0.480 e. The predicted octanol–water partition coefficient (Wildman–Crippen LogP) is 3.52. The number of nitrogens with one attached hydrogen (secondary N) is 5. The van der Waals surface area contributed by atoms with E-state index in [0.29, 0.717) is 23.1 Å². The number of allylic oxidation sites excluding steroid dienone is 1. The quantitative estimate of drug-likeness (QED) is 0.130. The molecule has 3 heterocycles. The predicted molar refractivity (Wildman–Crippen MR) is 220 cm³/mol. The van der Waals surface area contributed by atoms with Gasteiger partial charge in [0.15, 0.2) is 0 Å². The van der Waals surface area contributed by atoms with Gasteiger partial charge in [0.25, 0.3) is 5.91 Å². The van der Waals surface area contributed by atoms with Gasteiger partial charge in [-0.3, -0.25) is 24.0 Å². The molecule has 0 saturated heterocycles. The molecule has 2 bridgehead atoms. The van der Waals surface area contributed by atoms with E-state index in [1.54, 1.807) is 42.5 Å². The number of carboxylic acids is 1. The van der Waals surface area contributed by atoms with Crippen LogP contribution in [0.15, 0.2) is 121 Å². The van der Waals surface area contributed by atoms with Crippen molar-refractivity contribution in [2.75, 3.05) is 5.32 Å². The van der Waals surface area contributed by atoms with Crippen molar-refractivity contribution in [1.29, 1.82) is 0 Å². The summed E-state index contributed by atoms with van der Waals surface area (Å²) < 4.78 is 0. The van der Waals surface area contributed by atoms with E-state index in [9.17, 15) is 39.0 Å². The van der Waals surface area contributed by atoms with E-state index in [-0.39, 0.29) is 36.6 Å². The Labute approximate surface area is 340 Å². The number of amides is 5. The summed E-state index contributed by atoms with van der Waals surface area (Å²) in [4.78, 5) is 81.2. The second kappa shape index (κ2) is 19.7. The number of carbonyl (C=O) groups is 6. The Bertz CT molecular complexity index is 2110. The minimum atomic E-state index is -1.76. The lowest BCUT2D eigenvalue weighted by Gasteiger charge is -2.27. The van der Waals surface area contributed by atoms with Crippen molar-refractivity contribution in [2.24, 2.45) is 0 Å². The van der Waals surface area contributed by atoms with Gasteiger partial charge in [-0.25, -0.2) is 4.79 Å². The van der Waals surface area contributed by atoms with Gasteiger partial charge >= 0.3 is 5.97 Å². The number of thioether (sulfide) groups is 1. The van der Waals surface area contributed by atoms with E-state index in [0.717, 1.165) is 11.1 Å². The summed E-state index contributed by atoms with van der Waals surface area (Å²) in [5.41, 5.74) is 4.12. The first-order valence-corrected chi connectivity index (χ1v) is 19.9. The normalized spacial score (nSPS) is 23.4. The van der Waals surface area contributed by atoms with Gasteiger partial charge < -0.3 is 36.8 Å². The molecule has 0 aromatic heterocycles. The van der Waals surface area contributed by atoms with Gasteiger partial charge in [-0.2, -0.15) is 0 Å². The lowest BCUT2D eigenvalue weighted by molar-refractivity contribution is -0.142. The van der Waals surface area contributed by atoms with E-state index >= 15 is 0 Å². The van der Waals surface area contributed by atoms with Crippen LogP contribution >= 0.6 is 11.8 Å². The lowest BCUT2D eigenvalue weighted by Crippen LogP contribution is -2.59. The zero-order chi connectivity index (χ0) is 41.0. The molecule has 3 aliphatic rings. The van der Waals surface area contributed by atoms with Crippen LogP contribution in [0.5, 0.6) is 0 Å². The summed E-state index contributed by atoms with van der Waals surface area (Å²) in [7, 11) is 0. The maximum Gasteiger partial charge on any atom is 0.326 e. The van der Waals surface area contributed by atoms with Gasteiger partial charge in [-0.15, -0.1) is 11.8 Å². The third-order valence-corrected chi connectivity index (χ3v) is 11.0. The van der Waals surface area contributed by atoms with Gasteiger partial charge in [-0.1, -0.05) is 103 Å². The van der Waals surface area contributed by atoms with E-state index in [2.05, 4.69) is 26.6 Å². The van der Waals surface area contributed by atoms with E-state index < -0.39 is 72.2 Å². The van der Waals surface area contributed by atoms with E-state index in [1.165, 1.54) is 23.9 Å². The van der Waals surface area contributed by atoms with Crippen molar-refractivity contribution in [2.45, 2.75) is 74.0 Å². The molecular weight excluding hydrogens is 759 g/mol. The number of hydrogen-bond donors (Lipinski definition) is 7. The molecule has 6 atom stereocenters. The molecule has 58 heavy (non-hydrogen) atoms. The smallest absolute Gasteiger partial charge is 0.326 e. The van der Waals surface area contributed by atoms with Gasteiger partial charge in [0.2, 0.25) is 23.6 Å². The fourth-order valence-electron chi connectivity index (χ4n) is 6.77. The second-order valence-corrected chi connectivity index (χ2v) is 15.5. The van der Waals surface area contributed by atoms with Gasteiger partial charge in [-0.05, 0) is 58.2 Å². The maximum atomic E-state index is 14.4. The number of aliphatic hydroxyl groups excluding tert-OH is 1. The highest BCUT2D eigenvalue weighted by molar-refractivity contribution is 8.03. The molecule has 7 N–H and O–H groups in total. The topological polar surface area (TPSA) is 203 Å². The fourth-order valence-corrected chi connectivity index (χ4v) is 7.74. The Morgan fingerprint density at radius 3 is 1.79 bits per heavy atom. The molecule has 7 rings (SSSR count). The molecule has 3 aliphatic heterocycles. The van der Waals surface area contributed by atoms with Crippen LogP contribution in [0.1, 0.15) is 36.0 Å². The molecule has 5 amide bonds. The zero-order valence-electron chi connectivity index (χ0n) is 31.5. The van der Waals surface area contributed by atoms with Crippen LogP contribution in [0.2, 0.25) is 0 Å². The van der Waals surface area contributed by atoms with E-state index in [1.807, 2.05) is 66.1 Å². The fraction of sp³-hybridized carbons (Fsp3) is 0.273. The lowest BCUT2D eigenvalue weighted by atomic mass is 9.99. The Morgan fingerprint density at radius 1 is 0.621 bits per heavy atom. The van der Waals surface area contributed by atoms with Crippen molar-refractivity contribution >= 4 is 53.0 Å². The van der Waals surface area contributed by atoms with E-state index in [4.69, 9.17) is 0 Å². The third-order valence-electron chi connectivity index (χ3n) is 9.92. The van der Waals surface area contributed by atoms with Crippen LogP contribution in [-0.4, -0.2) is 81.2 Å². The van der Waals surface area contributed by atoms with Crippen LogP contribution < -0.4 is 26.6 Å². The minimum absolute atomic E-state index is 0.000815. The number of rotatable bonds is 8. The third kappa shape index (κ3) is 11.6. The Balaban J connectivity index is 1.34. The summed E-state index contributed by atoms with van der Waals surface area (Å²) >= 11 is 1.50. The van der Waals surface area contributed by atoms with Crippen molar-refractivity contribution in [3.8, 4) is 11.1 Å². The van der Waals surface area contributed by atoms with Crippen LogP contribution in [0.4, 0.5) is 5.69 Å². The van der Waals surface area contributed by atoms with Crippen molar-refractivity contribution < 1.29 is 39.0 Å². The average molecular weight is 804 g/mol. The molecule has 4 aromatic rings. The molecule has 0 spiro atoms.